The number of pyridine rings is 1. The van der Waals surface area contributed by atoms with Crippen LogP contribution in [0.15, 0.2) is 23.9 Å². The molecule has 1 unspecified atom stereocenters. The van der Waals surface area contributed by atoms with E-state index < -0.39 is 37.9 Å². The molecule has 3 rings (SSSR count). The predicted octanol–water partition coefficient (Wildman–Crippen LogP) is 0.106. The summed E-state index contributed by atoms with van der Waals surface area (Å²) in [6, 6.07) is 1.54. The number of rotatable bonds is 3. The number of nitrogens with zero attached hydrogens (tertiary/aromatic N) is 2. The Labute approximate surface area is 137 Å². The van der Waals surface area contributed by atoms with E-state index in [1.54, 1.807) is 0 Å². The molecule has 0 spiro atoms. The van der Waals surface area contributed by atoms with E-state index >= 15 is 0 Å². The third kappa shape index (κ3) is 1.94. The first-order valence-corrected chi connectivity index (χ1v) is 8.59. The van der Waals surface area contributed by atoms with Gasteiger partial charge in [-0.15, -0.1) is 0 Å². The minimum Gasteiger partial charge on any atom is -0.480 e. The van der Waals surface area contributed by atoms with Gasteiger partial charge in [0.1, 0.15) is 4.75 Å². The molecule has 0 bridgehead atoms. The maximum Gasteiger partial charge on any atom is 0.328 e. The van der Waals surface area contributed by atoms with E-state index in [1.807, 2.05) is 0 Å². The van der Waals surface area contributed by atoms with E-state index in [0.29, 0.717) is 17.5 Å². The van der Waals surface area contributed by atoms with Crippen molar-refractivity contribution in [2.45, 2.75) is 30.0 Å². The van der Waals surface area contributed by atoms with Crippen molar-refractivity contribution in [3.05, 3.63) is 35.2 Å². The first-order chi connectivity index (χ1) is 11.1. The summed E-state index contributed by atoms with van der Waals surface area (Å²) in [6.45, 7) is 2.61. The molecule has 1 N–H and O–H groups in total. The Balaban J connectivity index is 2.05. The molecule has 1 aromatic heterocycles. The van der Waals surface area contributed by atoms with Crippen LogP contribution in [-0.2, 0) is 19.4 Å². The highest BCUT2D eigenvalue weighted by Gasteiger charge is 2.70. The number of carbonyl (C=O) groups excluding carboxylic acids is 2. The Kier molecular flexibility index (Phi) is 3.38. The standard InChI is InChI=1S/C15H14N2O6S/c1-15(2)11(14(20)21)17-12(19)10(13(17)24(15,22)23)5-9-4-3-8(7-18)6-16-9/h3-7,11,13H,1-2H3,(H,20,21)/b10-5-/t11-,13?/m0/s1. The molecule has 0 radical (unpaired) electrons. The van der Waals surface area contributed by atoms with E-state index in [1.165, 1.54) is 38.3 Å². The number of hydrogen-bond donors (Lipinski definition) is 1. The van der Waals surface area contributed by atoms with Crippen molar-refractivity contribution in [1.82, 2.24) is 9.88 Å². The van der Waals surface area contributed by atoms with Crippen molar-refractivity contribution >= 4 is 34.1 Å². The number of β-lactam (4-membered cyclic amide) rings is 1. The minimum absolute atomic E-state index is 0.0156. The van der Waals surface area contributed by atoms with Crippen LogP contribution in [0.25, 0.3) is 6.08 Å². The second kappa shape index (κ2) is 4.97. The molecule has 3 heterocycles. The van der Waals surface area contributed by atoms with Gasteiger partial charge in [-0.05, 0) is 32.1 Å². The minimum atomic E-state index is -3.90. The summed E-state index contributed by atoms with van der Waals surface area (Å²) in [4.78, 5) is 39.2. The van der Waals surface area contributed by atoms with Gasteiger partial charge >= 0.3 is 5.97 Å². The molecule has 0 saturated carbocycles. The number of fused-ring (bicyclic) bond motifs is 1. The first-order valence-electron chi connectivity index (χ1n) is 7.04. The van der Waals surface area contributed by atoms with Crippen molar-refractivity contribution in [3.63, 3.8) is 0 Å². The van der Waals surface area contributed by atoms with Crippen LogP contribution in [0.4, 0.5) is 0 Å². The van der Waals surface area contributed by atoms with Gasteiger partial charge in [-0.25, -0.2) is 13.2 Å². The van der Waals surface area contributed by atoms with Crippen molar-refractivity contribution < 1.29 is 27.9 Å². The molecule has 0 aromatic carbocycles. The zero-order chi connectivity index (χ0) is 17.9. The largest absolute Gasteiger partial charge is 0.480 e. The Morgan fingerprint density at radius 2 is 2.04 bits per heavy atom. The highest BCUT2D eigenvalue weighted by molar-refractivity contribution is 7.94. The first kappa shape index (κ1) is 16.3. The maximum absolute atomic E-state index is 12.7. The molecule has 9 heteroatoms. The molecule has 2 fully saturated rings. The molecule has 1 amide bonds. The SMILES string of the molecule is CC1(C)[C@H](C(=O)O)N2C(=O)/C(=C/c3ccc(C=O)cn3)C2S1(=O)=O. The van der Waals surface area contributed by atoms with Crippen LogP contribution in [0.2, 0.25) is 0 Å². The molecule has 2 saturated heterocycles. The number of hydrogen-bond acceptors (Lipinski definition) is 6. The van der Waals surface area contributed by atoms with Crippen LogP contribution >= 0.6 is 0 Å². The van der Waals surface area contributed by atoms with Gasteiger partial charge in [-0.2, -0.15) is 0 Å². The molecule has 2 aliphatic rings. The number of aliphatic carboxylic acids is 1. The van der Waals surface area contributed by atoms with Crippen LogP contribution in [0.3, 0.4) is 0 Å². The quantitative estimate of drug-likeness (QED) is 0.466. The third-order valence-electron chi connectivity index (χ3n) is 4.45. The highest BCUT2D eigenvalue weighted by Crippen LogP contribution is 2.48. The van der Waals surface area contributed by atoms with Crippen molar-refractivity contribution in [2.75, 3.05) is 0 Å². The molecule has 24 heavy (non-hydrogen) atoms. The molecule has 1 aromatic rings. The zero-order valence-electron chi connectivity index (χ0n) is 12.8. The van der Waals surface area contributed by atoms with E-state index in [9.17, 15) is 27.9 Å². The van der Waals surface area contributed by atoms with E-state index in [2.05, 4.69) is 4.98 Å². The summed E-state index contributed by atoms with van der Waals surface area (Å²) in [5.74, 6) is -1.99. The molecular weight excluding hydrogens is 336 g/mol. The van der Waals surface area contributed by atoms with Crippen molar-refractivity contribution in [1.29, 1.82) is 0 Å². The van der Waals surface area contributed by atoms with E-state index in [0.717, 1.165) is 4.90 Å². The van der Waals surface area contributed by atoms with Gasteiger partial charge in [0, 0.05) is 11.8 Å². The number of amides is 1. The van der Waals surface area contributed by atoms with Gasteiger partial charge in [0.25, 0.3) is 5.91 Å². The molecule has 0 aliphatic carbocycles. The lowest BCUT2D eigenvalue weighted by Crippen LogP contribution is -2.58. The lowest BCUT2D eigenvalue weighted by atomic mass is 9.95. The zero-order valence-corrected chi connectivity index (χ0v) is 13.6. The van der Waals surface area contributed by atoms with Crippen LogP contribution in [0.5, 0.6) is 0 Å². The molecule has 126 valence electrons. The van der Waals surface area contributed by atoms with Gasteiger partial charge in [0.05, 0.1) is 11.3 Å². The number of carboxylic acid groups (broad SMARTS) is 1. The van der Waals surface area contributed by atoms with Crippen molar-refractivity contribution in [2.24, 2.45) is 0 Å². The average molecular weight is 350 g/mol. The number of sulfone groups is 1. The van der Waals surface area contributed by atoms with E-state index in [4.69, 9.17) is 0 Å². The van der Waals surface area contributed by atoms with Crippen LogP contribution in [0.1, 0.15) is 29.9 Å². The lowest BCUT2D eigenvalue weighted by molar-refractivity contribution is -0.152. The third-order valence-corrected chi connectivity index (χ3v) is 7.21. The Morgan fingerprint density at radius 3 is 2.54 bits per heavy atom. The molecular formula is C15H14N2O6S. The number of carboxylic acids is 1. The van der Waals surface area contributed by atoms with Gasteiger partial charge in [0.15, 0.2) is 27.5 Å². The number of carbonyl (C=O) groups is 3. The summed E-state index contributed by atoms with van der Waals surface area (Å²) in [6.07, 6.45) is 3.23. The van der Waals surface area contributed by atoms with Gasteiger partial charge in [0.2, 0.25) is 0 Å². The monoisotopic (exact) mass is 350 g/mol. The second-order valence-corrected chi connectivity index (χ2v) is 8.78. The fraction of sp³-hybridized carbons (Fsp3) is 0.333. The fourth-order valence-electron chi connectivity index (χ4n) is 3.07. The Bertz CT molecular complexity index is 885. The second-order valence-electron chi connectivity index (χ2n) is 6.19. The summed E-state index contributed by atoms with van der Waals surface area (Å²) in [7, 11) is -3.90. The molecule has 2 aliphatic heterocycles. The Hall–Kier alpha value is -2.55. The predicted molar refractivity (Wildman–Crippen MR) is 82.7 cm³/mol. The molecule has 2 atom stereocenters. The van der Waals surface area contributed by atoms with Gasteiger partial charge < -0.3 is 10.0 Å². The fourth-order valence-corrected chi connectivity index (χ4v) is 5.19. The molecule has 8 nitrogen and oxygen atoms in total. The normalized spacial score (nSPS) is 28.3. The van der Waals surface area contributed by atoms with Crippen LogP contribution in [-0.4, -0.2) is 57.7 Å². The topological polar surface area (TPSA) is 122 Å². The highest BCUT2D eigenvalue weighted by atomic mass is 32.2. The number of aldehydes is 1. The van der Waals surface area contributed by atoms with Gasteiger partial charge in [-0.3, -0.25) is 14.6 Å². The maximum atomic E-state index is 12.7. The van der Waals surface area contributed by atoms with Crippen molar-refractivity contribution in [3.8, 4) is 0 Å². The van der Waals surface area contributed by atoms with Crippen LogP contribution in [0, 0.1) is 0 Å². The van der Waals surface area contributed by atoms with Crippen LogP contribution < -0.4 is 0 Å². The Morgan fingerprint density at radius 1 is 1.38 bits per heavy atom. The number of aromatic nitrogens is 1. The smallest absolute Gasteiger partial charge is 0.328 e. The summed E-state index contributed by atoms with van der Waals surface area (Å²) < 4.78 is 23.8. The summed E-state index contributed by atoms with van der Waals surface area (Å²) in [5.41, 5.74) is 0.646. The summed E-state index contributed by atoms with van der Waals surface area (Å²) in [5, 5.41) is 8.05. The average Bonchev–Trinajstić information content (AvgIpc) is 2.66. The summed E-state index contributed by atoms with van der Waals surface area (Å²) >= 11 is 0. The van der Waals surface area contributed by atoms with E-state index in [-0.39, 0.29) is 5.57 Å². The lowest BCUT2D eigenvalue weighted by Gasteiger charge is -2.37. The van der Waals surface area contributed by atoms with Gasteiger partial charge in [-0.1, -0.05) is 0 Å².